The van der Waals surface area contributed by atoms with E-state index in [1.807, 2.05) is 6.20 Å². The van der Waals surface area contributed by atoms with Crippen LogP contribution in [0.2, 0.25) is 0 Å². The van der Waals surface area contributed by atoms with Gasteiger partial charge in [0.2, 0.25) is 0 Å². The Balaban J connectivity index is 0. The van der Waals surface area contributed by atoms with Crippen LogP contribution in [0.5, 0.6) is 0 Å². The highest BCUT2D eigenvalue weighted by molar-refractivity contribution is 5.60. The van der Waals surface area contributed by atoms with Crippen LogP contribution in [0.25, 0.3) is 0 Å². The molecule has 3 N–H and O–H groups in total. The number of allylic oxidation sites excluding steroid dienone is 1. The van der Waals surface area contributed by atoms with E-state index in [0.717, 1.165) is 6.92 Å². The number of carbonyl (C=O) groups excluding carboxylic acids is 1. The first-order valence-corrected chi connectivity index (χ1v) is 9.77. The molecule has 0 rings (SSSR count). The summed E-state index contributed by atoms with van der Waals surface area (Å²) in [6, 6.07) is 0. The van der Waals surface area contributed by atoms with Crippen molar-refractivity contribution in [3.8, 4) is 0 Å². The van der Waals surface area contributed by atoms with Crippen molar-refractivity contribution in [2.24, 2.45) is 0 Å². The molecule has 138 valence electrons. The third-order valence-corrected chi connectivity index (χ3v) is 3.89. The maximum atomic E-state index is 8.89. The summed E-state index contributed by atoms with van der Waals surface area (Å²) in [4.78, 5) is 8.89. The van der Waals surface area contributed by atoms with Crippen molar-refractivity contribution < 1.29 is 15.6 Å². The lowest BCUT2D eigenvalue weighted by Crippen LogP contribution is -2.39. The van der Waals surface area contributed by atoms with Gasteiger partial charge in [0.15, 0.2) is 0 Å². The minimum atomic E-state index is -1.08. The van der Waals surface area contributed by atoms with Gasteiger partial charge in [-0.1, -0.05) is 90.4 Å². The van der Waals surface area contributed by atoms with Gasteiger partial charge in [-0.2, -0.15) is 0 Å². The summed E-state index contributed by atoms with van der Waals surface area (Å²) in [6.07, 6.45) is 25.5. The van der Waals surface area contributed by atoms with E-state index in [4.69, 9.17) is 9.90 Å². The highest BCUT2D eigenvalue weighted by Gasteiger charge is 1.93. The van der Waals surface area contributed by atoms with Crippen LogP contribution in [0.15, 0.2) is 12.3 Å². The molecule has 0 saturated heterocycles. The van der Waals surface area contributed by atoms with Crippen molar-refractivity contribution in [3.63, 3.8) is 0 Å². The SMILES string of the molecule is CC(=O)[O-].CCCCCCCCCCCCCCCC/C=C/[NH3+]. The van der Waals surface area contributed by atoms with Gasteiger partial charge in [-0.25, -0.2) is 0 Å². The van der Waals surface area contributed by atoms with Crippen LogP contribution in [-0.4, -0.2) is 5.97 Å². The largest absolute Gasteiger partial charge is 0.550 e. The number of quaternary nitrogens is 1. The van der Waals surface area contributed by atoms with Crippen molar-refractivity contribution in [1.82, 2.24) is 0 Å². The number of carboxylic acid groups (broad SMARTS) is 1. The molecule has 3 nitrogen and oxygen atoms in total. The molecule has 0 unspecified atom stereocenters. The molecule has 0 aliphatic heterocycles. The zero-order valence-corrected chi connectivity index (χ0v) is 15.8. The quantitative estimate of drug-likeness (QED) is 0.454. The average Bonchev–Trinajstić information content (AvgIpc) is 2.50. The Kier molecular flexibility index (Phi) is 24.9. The highest BCUT2D eigenvalue weighted by Crippen LogP contribution is 2.13. The van der Waals surface area contributed by atoms with E-state index in [0.29, 0.717) is 0 Å². The highest BCUT2D eigenvalue weighted by atomic mass is 16.4. The van der Waals surface area contributed by atoms with E-state index in [2.05, 4.69) is 18.7 Å². The predicted octanol–water partition coefficient (Wildman–Crippen LogP) is 4.37. The zero-order valence-electron chi connectivity index (χ0n) is 15.8. The summed E-state index contributed by atoms with van der Waals surface area (Å²) in [5.41, 5.74) is 3.71. The minimum Gasteiger partial charge on any atom is -0.550 e. The molecule has 0 aromatic heterocycles. The van der Waals surface area contributed by atoms with E-state index >= 15 is 0 Å². The van der Waals surface area contributed by atoms with E-state index in [9.17, 15) is 0 Å². The Labute approximate surface area is 144 Å². The number of rotatable bonds is 15. The van der Waals surface area contributed by atoms with Crippen molar-refractivity contribution in [2.75, 3.05) is 0 Å². The number of hydrogen-bond donors (Lipinski definition) is 1. The minimum absolute atomic E-state index is 0.972. The molecule has 0 aromatic rings. The van der Waals surface area contributed by atoms with Crippen molar-refractivity contribution in [2.45, 2.75) is 110 Å². The van der Waals surface area contributed by atoms with E-state index < -0.39 is 5.97 Å². The molecule has 3 heteroatoms. The van der Waals surface area contributed by atoms with Gasteiger partial charge in [-0.15, -0.1) is 0 Å². The molecule has 0 fully saturated rings. The lowest BCUT2D eigenvalue weighted by Gasteiger charge is -2.02. The van der Waals surface area contributed by atoms with E-state index in [-0.39, 0.29) is 0 Å². The lowest BCUT2D eigenvalue weighted by molar-refractivity contribution is -0.302. The average molecular weight is 328 g/mol. The molecule has 23 heavy (non-hydrogen) atoms. The fourth-order valence-electron chi connectivity index (χ4n) is 2.57. The Bertz CT molecular complexity index is 248. The second-order valence-electron chi connectivity index (χ2n) is 6.35. The number of carboxylic acids is 1. The molecular formula is C20H41NO2. The van der Waals surface area contributed by atoms with Crippen LogP contribution in [-0.2, 0) is 4.79 Å². The van der Waals surface area contributed by atoms with E-state index in [1.165, 1.54) is 96.3 Å². The van der Waals surface area contributed by atoms with Gasteiger partial charge in [-0.05, 0) is 25.8 Å². The summed E-state index contributed by atoms with van der Waals surface area (Å²) in [7, 11) is 0. The first kappa shape index (κ1) is 24.4. The van der Waals surface area contributed by atoms with Gasteiger partial charge in [0.1, 0.15) is 0 Å². The molecule has 0 aliphatic rings. The molecule has 0 heterocycles. The van der Waals surface area contributed by atoms with Gasteiger partial charge in [0.05, 0.1) is 6.20 Å². The molecule has 0 aliphatic carbocycles. The van der Waals surface area contributed by atoms with Crippen LogP contribution in [0, 0.1) is 0 Å². The van der Waals surface area contributed by atoms with Gasteiger partial charge >= 0.3 is 0 Å². The van der Waals surface area contributed by atoms with Crippen LogP contribution in [0.4, 0.5) is 0 Å². The second kappa shape index (κ2) is 23.4. The standard InChI is InChI=1S/C18H37N.C2H4O2/c1-2-3-4-5-6-7-8-9-10-11-12-13-14-15-16-17-18-19;1-2(3)4/h17-18H,2-16,19H2,1H3;1H3,(H,3,4)/b18-17+;. The molecule has 0 amide bonds. The molecule has 0 aromatic carbocycles. The Morgan fingerprint density at radius 1 is 0.783 bits per heavy atom. The third-order valence-electron chi connectivity index (χ3n) is 3.89. The topological polar surface area (TPSA) is 67.8 Å². The number of hydrogen-bond acceptors (Lipinski definition) is 2. The molecule has 0 saturated carbocycles. The molecule has 0 bridgehead atoms. The van der Waals surface area contributed by atoms with Crippen LogP contribution < -0.4 is 10.8 Å². The number of unbranched alkanes of at least 4 members (excludes halogenated alkanes) is 14. The molecule has 0 radical (unpaired) electrons. The predicted molar refractivity (Wildman–Crippen MR) is 97.6 cm³/mol. The van der Waals surface area contributed by atoms with Crippen molar-refractivity contribution in [3.05, 3.63) is 12.3 Å². The lowest BCUT2D eigenvalue weighted by atomic mass is 10.0. The van der Waals surface area contributed by atoms with Gasteiger partial charge < -0.3 is 15.6 Å². The Morgan fingerprint density at radius 2 is 1.09 bits per heavy atom. The maximum Gasteiger partial charge on any atom is 0.0868 e. The van der Waals surface area contributed by atoms with Crippen LogP contribution >= 0.6 is 0 Å². The first-order valence-electron chi connectivity index (χ1n) is 9.77. The fraction of sp³-hybridized carbons (Fsp3) is 0.850. The Hall–Kier alpha value is -0.830. The smallest absolute Gasteiger partial charge is 0.0868 e. The Morgan fingerprint density at radius 3 is 1.39 bits per heavy atom. The summed E-state index contributed by atoms with van der Waals surface area (Å²) in [6.45, 7) is 3.26. The summed E-state index contributed by atoms with van der Waals surface area (Å²) in [5.74, 6) is -1.08. The molecule has 0 spiro atoms. The monoisotopic (exact) mass is 327 g/mol. The number of carbonyl (C=O) groups is 1. The van der Waals surface area contributed by atoms with Gasteiger partial charge in [0.25, 0.3) is 0 Å². The second-order valence-corrected chi connectivity index (χ2v) is 6.35. The number of aliphatic carboxylic acids is 1. The van der Waals surface area contributed by atoms with Crippen molar-refractivity contribution in [1.29, 1.82) is 0 Å². The zero-order chi connectivity index (χ0) is 17.6. The molecular weight excluding hydrogens is 286 g/mol. The normalized spacial score (nSPS) is 10.6. The third kappa shape index (κ3) is 33.8. The van der Waals surface area contributed by atoms with Crippen LogP contribution in [0.1, 0.15) is 110 Å². The van der Waals surface area contributed by atoms with E-state index in [1.54, 1.807) is 0 Å². The summed E-state index contributed by atoms with van der Waals surface area (Å²) in [5, 5.41) is 8.89. The first-order chi connectivity index (χ1) is 11.1. The maximum absolute atomic E-state index is 8.89. The summed E-state index contributed by atoms with van der Waals surface area (Å²) >= 11 is 0. The summed E-state index contributed by atoms with van der Waals surface area (Å²) < 4.78 is 0. The fourth-order valence-corrected chi connectivity index (χ4v) is 2.57. The molecule has 0 atom stereocenters. The van der Waals surface area contributed by atoms with Crippen molar-refractivity contribution >= 4 is 5.97 Å². The van der Waals surface area contributed by atoms with Crippen LogP contribution in [0.3, 0.4) is 0 Å². The van der Waals surface area contributed by atoms with Gasteiger partial charge in [-0.3, -0.25) is 0 Å². The van der Waals surface area contributed by atoms with Gasteiger partial charge in [0, 0.05) is 5.97 Å².